The molecule has 1 rings (SSSR count). The Morgan fingerprint density at radius 1 is 1.47 bits per heavy atom. The third-order valence-electron chi connectivity index (χ3n) is 1.83. The van der Waals surface area contributed by atoms with Crippen LogP contribution in [0.15, 0.2) is 34.3 Å². The van der Waals surface area contributed by atoms with E-state index in [1.165, 1.54) is 12.1 Å². The summed E-state index contributed by atoms with van der Waals surface area (Å²) in [6, 6.07) is 4.72. The third kappa shape index (κ3) is 3.96. The van der Waals surface area contributed by atoms with Crippen LogP contribution in [0.1, 0.15) is 19.4 Å². The number of halogens is 2. The highest BCUT2D eigenvalue weighted by atomic mass is 79.9. The van der Waals surface area contributed by atoms with Crippen LogP contribution in [0.5, 0.6) is 0 Å². The van der Waals surface area contributed by atoms with E-state index in [-0.39, 0.29) is 18.0 Å². The first kappa shape index (κ1) is 12.1. The van der Waals surface area contributed by atoms with Crippen molar-refractivity contribution in [3.63, 3.8) is 0 Å². The third-order valence-corrected chi connectivity index (χ3v) is 2.32. The van der Waals surface area contributed by atoms with Gasteiger partial charge in [-0.1, -0.05) is 27.6 Å². The summed E-state index contributed by atoms with van der Waals surface area (Å²) in [6.45, 7) is 3.69. The molecule has 0 aliphatic carbocycles. The maximum atomic E-state index is 13.3. The van der Waals surface area contributed by atoms with Crippen molar-refractivity contribution in [3.8, 4) is 0 Å². The first-order valence-electron chi connectivity index (χ1n) is 4.60. The molecule has 0 N–H and O–H groups in total. The monoisotopic (exact) mass is 270 g/mol. The fourth-order valence-electron chi connectivity index (χ4n) is 1.23. The lowest BCUT2D eigenvalue weighted by atomic mass is 10.1. The molecule has 0 aliphatic rings. The molecule has 3 heteroatoms. The molecule has 15 heavy (non-hydrogen) atoms. The minimum Gasteiger partial charge on any atom is -0.294 e. The van der Waals surface area contributed by atoms with Crippen LogP contribution in [0, 0.1) is 5.82 Å². The zero-order chi connectivity index (χ0) is 11.4. The Kier molecular flexibility index (Phi) is 4.21. The van der Waals surface area contributed by atoms with Gasteiger partial charge in [0.15, 0.2) is 5.78 Å². The highest BCUT2D eigenvalue weighted by Gasteiger charge is 2.06. The Bertz CT molecular complexity index is 406. The number of carbonyl (C=O) groups excluding carboxylic acids is 1. The topological polar surface area (TPSA) is 17.1 Å². The zero-order valence-corrected chi connectivity index (χ0v) is 10.3. The van der Waals surface area contributed by atoms with E-state index < -0.39 is 0 Å². The maximum absolute atomic E-state index is 13.3. The molecule has 80 valence electrons. The number of benzene rings is 1. The molecule has 0 bridgehead atoms. The van der Waals surface area contributed by atoms with Gasteiger partial charge in [-0.3, -0.25) is 4.79 Å². The Hall–Kier alpha value is -0.960. The molecule has 1 aromatic carbocycles. The fourth-order valence-corrected chi connectivity index (χ4v) is 1.56. The average Bonchev–Trinajstić information content (AvgIpc) is 2.08. The van der Waals surface area contributed by atoms with E-state index in [0.29, 0.717) is 10.0 Å². The smallest absolute Gasteiger partial charge is 0.160 e. The van der Waals surface area contributed by atoms with Gasteiger partial charge in [0.25, 0.3) is 0 Å². The first-order valence-corrected chi connectivity index (χ1v) is 5.40. The van der Waals surface area contributed by atoms with Gasteiger partial charge in [-0.15, -0.1) is 0 Å². The summed E-state index contributed by atoms with van der Waals surface area (Å²) in [5, 5.41) is 0. The van der Waals surface area contributed by atoms with Gasteiger partial charge in [0.2, 0.25) is 0 Å². The van der Waals surface area contributed by atoms with Gasteiger partial charge in [0, 0.05) is 10.9 Å². The van der Waals surface area contributed by atoms with Crippen molar-refractivity contribution >= 4 is 21.7 Å². The van der Waals surface area contributed by atoms with Gasteiger partial charge in [-0.2, -0.15) is 0 Å². The molecule has 0 unspecified atom stereocenters. The van der Waals surface area contributed by atoms with Crippen LogP contribution in [0.2, 0.25) is 0 Å². The number of rotatable bonds is 3. The molecule has 0 saturated carbocycles. The molecule has 0 spiro atoms. The van der Waals surface area contributed by atoms with Gasteiger partial charge < -0.3 is 0 Å². The Labute approximate surface area is 97.1 Å². The lowest BCUT2D eigenvalue weighted by Gasteiger charge is -2.01. The second-order valence-electron chi connectivity index (χ2n) is 3.60. The standard InChI is InChI=1S/C12H12BrFO/c1-8(2)5-11(15)6-9-3-4-10(13)7-12(9)14/h3-5,7H,6H2,1-2H3. The molecule has 0 saturated heterocycles. The number of allylic oxidation sites excluding steroid dienone is 2. The van der Waals surface area contributed by atoms with Crippen molar-refractivity contribution in [1.29, 1.82) is 0 Å². The number of hydrogen-bond donors (Lipinski definition) is 0. The Balaban J connectivity index is 2.82. The van der Waals surface area contributed by atoms with Gasteiger partial charge >= 0.3 is 0 Å². The van der Waals surface area contributed by atoms with Gasteiger partial charge in [0.05, 0.1) is 0 Å². The van der Waals surface area contributed by atoms with Crippen molar-refractivity contribution in [1.82, 2.24) is 0 Å². The van der Waals surface area contributed by atoms with Crippen molar-refractivity contribution in [3.05, 3.63) is 45.7 Å². The second kappa shape index (κ2) is 5.21. The molecule has 1 aromatic rings. The molecule has 0 amide bonds. The molecular weight excluding hydrogens is 259 g/mol. The van der Waals surface area contributed by atoms with Gasteiger partial charge in [0.1, 0.15) is 5.82 Å². The molecule has 0 aliphatic heterocycles. The summed E-state index contributed by atoms with van der Waals surface area (Å²) in [7, 11) is 0. The van der Waals surface area contributed by atoms with E-state index in [2.05, 4.69) is 15.9 Å². The van der Waals surface area contributed by atoms with Crippen LogP contribution in [0.4, 0.5) is 4.39 Å². The van der Waals surface area contributed by atoms with Crippen LogP contribution in [0.25, 0.3) is 0 Å². The van der Waals surface area contributed by atoms with Crippen molar-refractivity contribution in [2.24, 2.45) is 0 Å². The lowest BCUT2D eigenvalue weighted by molar-refractivity contribution is -0.114. The van der Waals surface area contributed by atoms with Crippen LogP contribution in [-0.4, -0.2) is 5.78 Å². The summed E-state index contributed by atoms with van der Waals surface area (Å²) < 4.78 is 14.0. The molecule has 0 atom stereocenters. The average molecular weight is 271 g/mol. The molecule has 0 radical (unpaired) electrons. The van der Waals surface area contributed by atoms with Crippen LogP contribution >= 0.6 is 15.9 Å². The number of ketones is 1. The van der Waals surface area contributed by atoms with Crippen molar-refractivity contribution in [2.45, 2.75) is 20.3 Å². The minimum atomic E-state index is -0.347. The fraction of sp³-hybridized carbons (Fsp3) is 0.250. The normalized spacial score (nSPS) is 9.87. The van der Waals surface area contributed by atoms with Crippen molar-refractivity contribution < 1.29 is 9.18 Å². The summed E-state index contributed by atoms with van der Waals surface area (Å²) in [5.41, 5.74) is 1.36. The molecular formula is C12H12BrFO. The van der Waals surface area contributed by atoms with Crippen LogP contribution in [-0.2, 0) is 11.2 Å². The number of hydrogen-bond acceptors (Lipinski definition) is 1. The van der Waals surface area contributed by atoms with E-state index in [0.717, 1.165) is 5.57 Å². The first-order chi connectivity index (χ1) is 6.99. The second-order valence-corrected chi connectivity index (χ2v) is 4.52. The number of carbonyl (C=O) groups is 1. The summed E-state index contributed by atoms with van der Waals surface area (Å²) in [6.07, 6.45) is 1.64. The maximum Gasteiger partial charge on any atom is 0.160 e. The molecule has 0 aromatic heterocycles. The SMILES string of the molecule is CC(C)=CC(=O)Cc1ccc(Br)cc1F. The summed E-state index contributed by atoms with van der Waals surface area (Å²) in [5.74, 6) is -0.420. The van der Waals surface area contributed by atoms with E-state index in [4.69, 9.17) is 0 Å². The lowest BCUT2D eigenvalue weighted by Crippen LogP contribution is -2.01. The predicted octanol–water partition coefficient (Wildman–Crippen LogP) is 3.67. The quantitative estimate of drug-likeness (QED) is 0.767. The van der Waals surface area contributed by atoms with Crippen LogP contribution < -0.4 is 0 Å². The Morgan fingerprint density at radius 3 is 2.67 bits per heavy atom. The Morgan fingerprint density at radius 2 is 2.13 bits per heavy atom. The van der Waals surface area contributed by atoms with Gasteiger partial charge in [-0.05, 0) is 37.6 Å². The summed E-state index contributed by atoms with van der Waals surface area (Å²) >= 11 is 3.17. The highest BCUT2D eigenvalue weighted by molar-refractivity contribution is 9.10. The van der Waals surface area contributed by atoms with E-state index in [1.807, 2.05) is 13.8 Å². The molecule has 0 fully saturated rings. The predicted molar refractivity (Wildman–Crippen MR) is 62.2 cm³/mol. The minimum absolute atomic E-state index is 0.0729. The highest BCUT2D eigenvalue weighted by Crippen LogP contribution is 2.16. The van der Waals surface area contributed by atoms with Gasteiger partial charge in [-0.25, -0.2) is 4.39 Å². The van der Waals surface area contributed by atoms with E-state index >= 15 is 0 Å². The van der Waals surface area contributed by atoms with E-state index in [1.54, 1.807) is 12.1 Å². The van der Waals surface area contributed by atoms with E-state index in [9.17, 15) is 9.18 Å². The largest absolute Gasteiger partial charge is 0.294 e. The molecule has 1 nitrogen and oxygen atoms in total. The molecule has 0 heterocycles. The summed E-state index contributed by atoms with van der Waals surface area (Å²) in [4.78, 5) is 11.4. The van der Waals surface area contributed by atoms with Crippen LogP contribution in [0.3, 0.4) is 0 Å². The zero-order valence-electron chi connectivity index (χ0n) is 8.68. The van der Waals surface area contributed by atoms with Crippen molar-refractivity contribution in [2.75, 3.05) is 0 Å².